The molecule has 0 unspecified atom stereocenters. The lowest BCUT2D eigenvalue weighted by molar-refractivity contribution is -0.0786. The molecule has 0 saturated carbocycles. The zero-order valence-electron chi connectivity index (χ0n) is 21.1. The van der Waals surface area contributed by atoms with Crippen LogP contribution < -0.4 is 19.5 Å². The van der Waals surface area contributed by atoms with Gasteiger partial charge < -0.3 is 33.7 Å². The third kappa shape index (κ3) is 7.21. The molecule has 7 heteroatoms. The van der Waals surface area contributed by atoms with Crippen molar-refractivity contribution >= 4 is 0 Å². The summed E-state index contributed by atoms with van der Waals surface area (Å²) in [6.45, 7) is 2.71. The number of hydrogen-bond donors (Lipinski definition) is 1. The minimum Gasteiger partial charge on any atom is -0.497 e. The van der Waals surface area contributed by atoms with Crippen molar-refractivity contribution in [2.45, 2.75) is 38.1 Å². The second-order valence-electron chi connectivity index (χ2n) is 8.70. The van der Waals surface area contributed by atoms with Crippen molar-refractivity contribution in [2.75, 3.05) is 34.5 Å². The molecule has 1 heterocycles. The Kier molecular flexibility index (Phi) is 9.58. The smallest absolute Gasteiger partial charge is 0.118 e. The molecule has 1 fully saturated rings. The van der Waals surface area contributed by atoms with E-state index < -0.39 is 0 Å². The van der Waals surface area contributed by atoms with Crippen molar-refractivity contribution in [3.8, 4) is 17.2 Å². The molecular weight excluding hydrogens is 458 g/mol. The molecule has 192 valence electrons. The lowest BCUT2D eigenvalue weighted by Crippen LogP contribution is -2.39. The average Bonchev–Trinajstić information content (AvgIpc) is 3.33. The van der Waals surface area contributed by atoms with Crippen LogP contribution in [0.2, 0.25) is 0 Å². The maximum Gasteiger partial charge on any atom is 0.118 e. The van der Waals surface area contributed by atoms with Crippen LogP contribution in [0.4, 0.5) is 0 Å². The van der Waals surface area contributed by atoms with Crippen LogP contribution in [0, 0.1) is 0 Å². The molecule has 4 rings (SSSR count). The van der Waals surface area contributed by atoms with Crippen LogP contribution in [0.15, 0.2) is 72.8 Å². The predicted molar refractivity (Wildman–Crippen MR) is 138 cm³/mol. The van der Waals surface area contributed by atoms with E-state index in [1.807, 2.05) is 72.8 Å². The first-order valence-corrected chi connectivity index (χ1v) is 12.1. The average molecular weight is 494 g/mol. The van der Waals surface area contributed by atoms with Crippen LogP contribution in [0.1, 0.15) is 16.7 Å². The standard InChI is InChI=1S/C29H35NO6/c1-31-24-10-4-21(5-11-24)17-34-20-27-29(36-19-23-8-14-26(33-3)15-9-23)28(16-30-27)35-18-22-6-12-25(32-2)13-7-22/h4-15,27-30H,16-20H2,1-3H3/t27-,28-,29-/m1/s1. The molecule has 0 spiro atoms. The number of nitrogens with one attached hydrogen (secondary N) is 1. The largest absolute Gasteiger partial charge is 0.497 e. The number of rotatable bonds is 13. The Labute approximate surface area is 213 Å². The Morgan fingerprint density at radius 3 is 1.53 bits per heavy atom. The molecule has 3 aromatic carbocycles. The van der Waals surface area contributed by atoms with Crippen LogP contribution in [-0.2, 0) is 34.0 Å². The van der Waals surface area contributed by atoms with Gasteiger partial charge in [-0.2, -0.15) is 0 Å². The molecule has 1 aliphatic rings. The normalized spacial score (nSPS) is 19.2. The summed E-state index contributed by atoms with van der Waals surface area (Å²) in [5.41, 5.74) is 3.26. The first kappa shape index (κ1) is 26.0. The van der Waals surface area contributed by atoms with Crippen molar-refractivity contribution in [3.05, 3.63) is 89.5 Å². The van der Waals surface area contributed by atoms with Gasteiger partial charge in [0, 0.05) is 6.54 Å². The lowest BCUT2D eigenvalue weighted by atomic mass is 10.1. The van der Waals surface area contributed by atoms with Crippen LogP contribution in [0.5, 0.6) is 17.2 Å². The van der Waals surface area contributed by atoms with E-state index in [0.717, 1.165) is 33.9 Å². The molecule has 0 aliphatic carbocycles. The van der Waals surface area contributed by atoms with Gasteiger partial charge >= 0.3 is 0 Å². The van der Waals surface area contributed by atoms with Crippen molar-refractivity contribution < 1.29 is 28.4 Å². The first-order valence-electron chi connectivity index (χ1n) is 12.1. The first-order chi connectivity index (χ1) is 17.7. The number of hydrogen-bond acceptors (Lipinski definition) is 7. The Hall–Kier alpha value is -3.10. The summed E-state index contributed by atoms with van der Waals surface area (Å²) in [7, 11) is 4.99. The van der Waals surface area contributed by atoms with Crippen LogP contribution >= 0.6 is 0 Å². The van der Waals surface area contributed by atoms with Crippen LogP contribution in [0.25, 0.3) is 0 Å². The topological polar surface area (TPSA) is 67.4 Å². The number of benzene rings is 3. The highest BCUT2D eigenvalue weighted by Gasteiger charge is 2.37. The van der Waals surface area contributed by atoms with Gasteiger partial charge in [-0.1, -0.05) is 36.4 Å². The Balaban J connectivity index is 1.35. The number of methoxy groups -OCH3 is 3. The Morgan fingerprint density at radius 1 is 0.611 bits per heavy atom. The van der Waals surface area contributed by atoms with Crippen molar-refractivity contribution in [3.63, 3.8) is 0 Å². The third-order valence-corrected chi connectivity index (χ3v) is 6.29. The van der Waals surface area contributed by atoms with Crippen molar-refractivity contribution in [2.24, 2.45) is 0 Å². The van der Waals surface area contributed by atoms with E-state index >= 15 is 0 Å². The Morgan fingerprint density at radius 2 is 1.06 bits per heavy atom. The quantitative estimate of drug-likeness (QED) is 0.379. The molecule has 0 bridgehead atoms. The van der Waals surface area contributed by atoms with Crippen molar-refractivity contribution in [1.82, 2.24) is 5.32 Å². The number of ether oxygens (including phenoxy) is 6. The van der Waals surface area contributed by atoms with E-state index in [4.69, 9.17) is 28.4 Å². The van der Waals surface area contributed by atoms with E-state index in [-0.39, 0.29) is 18.2 Å². The summed E-state index contributed by atoms with van der Waals surface area (Å²) in [6.07, 6.45) is -0.249. The second kappa shape index (κ2) is 13.3. The van der Waals surface area contributed by atoms with Gasteiger partial charge in [0.2, 0.25) is 0 Å². The molecule has 36 heavy (non-hydrogen) atoms. The minimum absolute atomic E-state index is 0.0161. The highest BCUT2D eigenvalue weighted by molar-refractivity contribution is 5.28. The lowest BCUT2D eigenvalue weighted by Gasteiger charge is -2.25. The van der Waals surface area contributed by atoms with Gasteiger partial charge in [0.15, 0.2) is 0 Å². The maximum absolute atomic E-state index is 6.40. The van der Waals surface area contributed by atoms with Gasteiger partial charge in [-0.3, -0.25) is 0 Å². The van der Waals surface area contributed by atoms with E-state index in [1.165, 1.54) is 0 Å². The zero-order valence-corrected chi connectivity index (χ0v) is 21.1. The predicted octanol–water partition coefficient (Wildman–Crippen LogP) is 4.37. The molecule has 3 atom stereocenters. The van der Waals surface area contributed by atoms with E-state index in [0.29, 0.717) is 33.0 Å². The molecule has 0 amide bonds. The van der Waals surface area contributed by atoms with Gasteiger partial charge in [-0.25, -0.2) is 0 Å². The van der Waals surface area contributed by atoms with Gasteiger partial charge in [-0.15, -0.1) is 0 Å². The Bertz CT molecular complexity index is 1040. The zero-order chi connectivity index (χ0) is 25.2. The van der Waals surface area contributed by atoms with Gasteiger partial charge in [0.25, 0.3) is 0 Å². The van der Waals surface area contributed by atoms with Gasteiger partial charge in [-0.05, 0) is 53.1 Å². The molecule has 1 saturated heterocycles. The summed E-state index contributed by atoms with van der Waals surface area (Å²) < 4.78 is 34.5. The summed E-state index contributed by atoms with van der Waals surface area (Å²) in [5.74, 6) is 2.49. The molecular formula is C29H35NO6. The van der Waals surface area contributed by atoms with Crippen LogP contribution in [-0.4, -0.2) is 52.7 Å². The maximum atomic E-state index is 6.40. The highest BCUT2D eigenvalue weighted by Crippen LogP contribution is 2.22. The summed E-state index contributed by atoms with van der Waals surface area (Å²) in [4.78, 5) is 0. The summed E-state index contributed by atoms with van der Waals surface area (Å²) in [6, 6.07) is 23.8. The SMILES string of the molecule is COc1ccc(COC[C@H]2NC[C@@H](OCc3ccc(OC)cc3)[C@@H]2OCc2ccc(OC)cc2)cc1. The molecule has 1 N–H and O–H groups in total. The van der Waals surface area contributed by atoms with Gasteiger partial charge in [0.05, 0.1) is 59.9 Å². The minimum atomic E-state index is -0.152. The molecule has 0 aromatic heterocycles. The van der Waals surface area contributed by atoms with E-state index in [1.54, 1.807) is 21.3 Å². The molecule has 7 nitrogen and oxygen atoms in total. The van der Waals surface area contributed by atoms with E-state index in [2.05, 4.69) is 5.32 Å². The molecule has 1 aliphatic heterocycles. The summed E-state index contributed by atoms with van der Waals surface area (Å²) >= 11 is 0. The molecule has 3 aromatic rings. The monoisotopic (exact) mass is 493 g/mol. The fourth-order valence-corrected chi connectivity index (χ4v) is 4.15. The van der Waals surface area contributed by atoms with E-state index in [9.17, 15) is 0 Å². The van der Waals surface area contributed by atoms with Gasteiger partial charge in [0.1, 0.15) is 23.4 Å². The third-order valence-electron chi connectivity index (χ3n) is 6.29. The van der Waals surface area contributed by atoms with Crippen molar-refractivity contribution in [1.29, 1.82) is 0 Å². The molecule has 0 radical (unpaired) electrons. The summed E-state index contributed by atoms with van der Waals surface area (Å²) in [5, 5.41) is 3.54. The fraction of sp³-hybridized carbons (Fsp3) is 0.379. The second-order valence-corrected chi connectivity index (χ2v) is 8.70. The van der Waals surface area contributed by atoms with Crippen LogP contribution in [0.3, 0.4) is 0 Å². The fourth-order valence-electron chi connectivity index (χ4n) is 4.15. The highest BCUT2D eigenvalue weighted by atomic mass is 16.5.